The van der Waals surface area contributed by atoms with Crippen LogP contribution in [-0.2, 0) is 14.8 Å². The number of hydrogen-bond donors (Lipinski definition) is 1. The molecule has 1 heterocycles. The maximum atomic E-state index is 11.0. The van der Waals surface area contributed by atoms with Crippen LogP contribution < -0.4 is 0 Å². The van der Waals surface area contributed by atoms with E-state index in [0.717, 1.165) is 0 Å². The number of rotatable bonds is 4. The smallest absolute Gasteiger partial charge is 0.360 e. The number of carboxylic acid groups (broad SMARTS) is 1. The predicted molar refractivity (Wildman–Crippen MR) is 41.7 cm³/mol. The third-order valence-corrected chi connectivity index (χ3v) is 4.11. The highest BCUT2D eigenvalue weighted by Gasteiger charge is 2.62. The highest BCUT2D eigenvalue weighted by molar-refractivity contribution is 7.90. The molecule has 1 aliphatic rings. The van der Waals surface area contributed by atoms with Gasteiger partial charge in [0.25, 0.3) is 0 Å². The van der Waals surface area contributed by atoms with Crippen LogP contribution in [0.4, 0.5) is 0 Å². The second-order valence-corrected chi connectivity index (χ2v) is 5.24. The Balaban J connectivity index is 2.72. The molecule has 1 atom stereocenters. The first kappa shape index (κ1) is 9.47. The zero-order valence-corrected chi connectivity index (χ0v) is 7.67. The van der Waals surface area contributed by atoms with Crippen molar-refractivity contribution in [2.75, 3.05) is 19.0 Å². The zero-order chi connectivity index (χ0) is 9.41. The van der Waals surface area contributed by atoms with Crippen molar-refractivity contribution in [2.24, 2.45) is 0 Å². The fourth-order valence-electron chi connectivity index (χ4n) is 1.35. The van der Waals surface area contributed by atoms with Crippen molar-refractivity contribution in [1.82, 2.24) is 0 Å². The SMILES string of the molecule is CCC[N+]1(CC(=O)O)CS1(=O)=O. The standard InChI is InChI=1S/C6H11NO4S/c1-2-3-7(4-6(8)9)5-12(7,10)11/h2-5H2,1H3/p+1. The summed E-state index contributed by atoms with van der Waals surface area (Å²) in [7, 11) is -3.12. The molecule has 5 nitrogen and oxygen atoms in total. The Bertz CT molecular complexity index is 297. The van der Waals surface area contributed by atoms with Crippen LogP contribution in [0, 0.1) is 0 Å². The van der Waals surface area contributed by atoms with E-state index in [-0.39, 0.29) is 16.3 Å². The summed E-state index contributed by atoms with van der Waals surface area (Å²) in [4.78, 5) is 10.3. The third kappa shape index (κ3) is 1.44. The van der Waals surface area contributed by atoms with Gasteiger partial charge in [0, 0.05) is 0 Å². The zero-order valence-electron chi connectivity index (χ0n) is 6.86. The second kappa shape index (κ2) is 2.70. The van der Waals surface area contributed by atoms with Crippen molar-refractivity contribution in [3.8, 4) is 0 Å². The van der Waals surface area contributed by atoms with Crippen LogP contribution in [0.3, 0.4) is 0 Å². The molecule has 6 heteroatoms. The third-order valence-electron chi connectivity index (χ3n) is 1.97. The van der Waals surface area contributed by atoms with Gasteiger partial charge in [0.05, 0.1) is 6.54 Å². The molecule has 12 heavy (non-hydrogen) atoms. The van der Waals surface area contributed by atoms with Crippen molar-refractivity contribution in [1.29, 1.82) is 0 Å². The Hall–Kier alpha value is -0.620. The van der Waals surface area contributed by atoms with E-state index in [2.05, 4.69) is 0 Å². The summed E-state index contributed by atoms with van der Waals surface area (Å²) in [5, 5.41) is 8.47. The topological polar surface area (TPSA) is 71.4 Å². The Kier molecular flexibility index (Phi) is 2.13. The lowest BCUT2D eigenvalue weighted by molar-refractivity contribution is -0.724. The van der Waals surface area contributed by atoms with Gasteiger partial charge in [-0.15, -0.1) is 0 Å². The minimum Gasteiger partial charge on any atom is -0.477 e. The molecule has 0 radical (unpaired) electrons. The van der Waals surface area contributed by atoms with Crippen molar-refractivity contribution < 1.29 is 22.2 Å². The molecule has 70 valence electrons. The molecule has 0 bridgehead atoms. The van der Waals surface area contributed by atoms with Crippen LogP contribution in [-0.4, -0.2) is 42.3 Å². The van der Waals surface area contributed by atoms with E-state index in [1.165, 1.54) is 0 Å². The number of quaternary nitrogens is 1. The first-order valence-corrected chi connectivity index (χ1v) is 5.35. The van der Waals surface area contributed by atoms with Gasteiger partial charge >= 0.3 is 16.0 Å². The fourth-order valence-corrected chi connectivity index (χ4v) is 3.15. The van der Waals surface area contributed by atoms with Gasteiger partial charge in [-0.25, -0.2) is 4.79 Å². The Morgan fingerprint density at radius 3 is 2.33 bits per heavy atom. The number of carboxylic acids is 1. The molecule has 0 amide bonds. The molecule has 1 aliphatic heterocycles. The average molecular weight is 194 g/mol. The summed E-state index contributed by atoms with van der Waals surface area (Å²) in [6.07, 6.45) is 0.687. The van der Waals surface area contributed by atoms with Crippen molar-refractivity contribution in [3.05, 3.63) is 0 Å². The largest absolute Gasteiger partial charge is 0.477 e. The fraction of sp³-hybridized carbons (Fsp3) is 0.833. The van der Waals surface area contributed by atoms with Crippen LogP contribution in [0.15, 0.2) is 0 Å². The van der Waals surface area contributed by atoms with E-state index in [1.54, 1.807) is 0 Å². The lowest BCUT2D eigenvalue weighted by Crippen LogP contribution is -2.34. The lowest BCUT2D eigenvalue weighted by atomic mass is 10.4. The van der Waals surface area contributed by atoms with Gasteiger partial charge in [-0.05, 0) is 6.42 Å². The number of carbonyl (C=O) groups is 1. The first-order valence-electron chi connectivity index (χ1n) is 3.74. The van der Waals surface area contributed by atoms with E-state index < -0.39 is 16.0 Å². The van der Waals surface area contributed by atoms with Gasteiger partial charge in [-0.3, -0.25) is 0 Å². The summed E-state index contributed by atoms with van der Waals surface area (Å²) in [5.74, 6) is -1.06. The van der Waals surface area contributed by atoms with Gasteiger partial charge in [0.15, 0.2) is 6.54 Å². The maximum Gasteiger partial charge on any atom is 0.360 e. The predicted octanol–water partition coefficient (Wildman–Crippen LogP) is -0.401. The molecule has 0 aliphatic carbocycles. The van der Waals surface area contributed by atoms with E-state index in [1.807, 2.05) is 6.92 Å². The molecule has 0 aromatic heterocycles. The molecule has 1 rings (SSSR count). The molecule has 0 aromatic carbocycles. The normalized spacial score (nSPS) is 31.4. The van der Waals surface area contributed by atoms with E-state index in [0.29, 0.717) is 13.0 Å². The summed E-state index contributed by atoms with van der Waals surface area (Å²) in [6.45, 7) is 1.96. The average Bonchev–Trinajstić information content (AvgIpc) is 2.31. The van der Waals surface area contributed by atoms with E-state index in [4.69, 9.17) is 5.11 Å². The molecular weight excluding hydrogens is 182 g/mol. The summed E-state index contributed by atoms with van der Waals surface area (Å²) < 4.78 is 21.8. The number of aliphatic carboxylic acids is 1. The van der Waals surface area contributed by atoms with Crippen LogP contribution in [0.1, 0.15) is 13.3 Å². The minimum atomic E-state index is -3.12. The second-order valence-electron chi connectivity index (χ2n) is 3.04. The van der Waals surface area contributed by atoms with E-state index in [9.17, 15) is 13.2 Å². The minimum absolute atomic E-state index is 0.00681. The molecular formula is C6H12NO4S+. The highest BCUT2D eigenvalue weighted by Crippen LogP contribution is 2.33. The van der Waals surface area contributed by atoms with Crippen molar-refractivity contribution >= 4 is 16.0 Å². The molecule has 1 N–H and O–H groups in total. The highest BCUT2D eigenvalue weighted by atomic mass is 32.2. The Morgan fingerprint density at radius 2 is 2.08 bits per heavy atom. The molecule has 0 aromatic rings. The Morgan fingerprint density at radius 1 is 1.58 bits per heavy atom. The monoisotopic (exact) mass is 194 g/mol. The molecule has 0 saturated carbocycles. The summed E-state index contributed by atoms with van der Waals surface area (Å²) in [6, 6.07) is 0. The van der Waals surface area contributed by atoms with Crippen LogP contribution >= 0.6 is 0 Å². The molecule has 1 unspecified atom stereocenters. The van der Waals surface area contributed by atoms with Gasteiger partial charge in [-0.1, -0.05) is 6.92 Å². The van der Waals surface area contributed by atoms with Crippen molar-refractivity contribution in [2.45, 2.75) is 13.3 Å². The van der Waals surface area contributed by atoms with Crippen LogP contribution in [0.5, 0.6) is 0 Å². The number of hydrogen-bond acceptors (Lipinski definition) is 3. The maximum absolute atomic E-state index is 11.0. The molecule has 1 saturated heterocycles. The van der Waals surface area contributed by atoms with Gasteiger partial charge in [-0.2, -0.15) is 12.3 Å². The quantitative estimate of drug-likeness (QED) is 0.488. The Labute approximate surface area is 71.2 Å². The van der Waals surface area contributed by atoms with Gasteiger partial charge in [0.1, 0.15) is 0 Å². The van der Waals surface area contributed by atoms with Crippen LogP contribution in [0.25, 0.3) is 0 Å². The molecule has 0 spiro atoms. The van der Waals surface area contributed by atoms with Crippen LogP contribution in [0.2, 0.25) is 0 Å². The summed E-state index contributed by atoms with van der Waals surface area (Å²) >= 11 is 0. The summed E-state index contributed by atoms with van der Waals surface area (Å²) in [5.41, 5.74) is 0. The number of sulfonamides is 1. The van der Waals surface area contributed by atoms with Gasteiger partial charge < -0.3 is 5.11 Å². The van der Waals surface area contributed by atoms with E-state index >= 15 is 0 Å². The van der Waals surface area contributed by atoms with Crippen molar-refractivity contribution in [3.63, 3.8) is 0 Å². The molecule has 1 fully saturated rings. The number of nitrogens with zero attached hydrogens (tertiary/aromatic N) is 1. The lowest BCUT2D eigenvalue weighted by Gasteiger charge is -2.09. The van der Waals surface area contributed by atoms with Gasteiger partial charge in [0.2, 0.25) is 5.88 Å². The first-order chi connectivity index (χ1) is 5.43.